The first-order valence-electron chi connectivity index (χ1n) is 12.2. The molecule has 2 N–H and O–H groups in total. The predicted octanol–water partition coefficient (Wildman–Crippen LogP) is 2.82. The molecular weight excluding hydrogens is 452 g/mol. The number of carbonyl (C=O) groups excluding carboxylic acids is 3. The molecule has 1 atom stereocenters. The van der Waals surface area contributed by atoms with Gasteiger partial charge in [-0.2, -0.15) is 0 Å². The Labute approximate surface area is 206 Å². The van der Waals surface area contributed by atoms with Gasteiger partial charge >= 0.3 is 11.8 Å². The van der Waals surface area contributed by atoms with Gasteiger partial charge in [0, 0.05) is 26.6 Å². The molecule has 1 saturated heterocycles. The van der Waals surface area contributed by atoms with Gasteiger partial charge in [0.2, 0.25) is 11.8 Å². The molecule has 0 saturated carbocycles. The first-order chi connectivity index (χ1) is 16.6. The quantitative estimate of drug-likeness (QED) is 0.434. The van der Waals surface area contributed by atoms with Gasteiger partial charge in [0.25, 0.3) is 0 Å². The van der Waals surface area contributed by atoms with Crippen molar-refractivity contribution in [2.24, 2.45) is 7.05 Å². The molecule has 0 aliphatic carbocycles. The van der Waals surface area contributed by atoms with Crippen LogP contribution in [0.1, 0.15) is 65.5 Å². The summed E-state index contributed by atoms with van der Waals surface area (Å²) in [5.74, 6) is -0.758. The van der Waals surface area contributed by atoms with Crippen LogP contribution in [0.15, 0.2) is 23.0 Å². The average Bonchev–Trinajstić information content (AvgIpc) is 3.04. The van der Waals surface area contributed by atoms with E-state index >= 15 is 0 Å². The summed E-state index contributed by atoms with van der Waals surface area (Å²) >= 11 is 0. The van der Waals surface area contributed by atoms with E-state index < -0.39 is 23.6 Å². The maximum Gasteiger partial charge on any atom is 0.407 e. The van der Waals surface area contributed by atoms with E-state index in [0.29, 0.717) is 38.1 Å². The lowest BCUT2D eigenvalue weighted by Gasteiger charge is -2.22. The zero-order chi connectivity index (χ0) is 26.2. The minimum atomic E-state index is -0.699. The van der Waals surface area contributed by atoms with E-state index in [4.69, 9.17) is 9.47 Å². The lowest BCUT2D eigenvalue weighted by atomic mass is 10.0. The third kappa shape index (κ3) is 7.42. The molecule has 1 unspecified atom stereocenters. The number of hydrogen-bond acceptors (Lipinski definition) is 6. The Morgan fingerprint density at radius 1 is 1.17 bits per heavy atom. The highest BCUT2D eigenvalue weighted by atomic mass is 16.6. The number of hydrogen-bond donors (Lipinski definition) is 2. The van der Waals surface area contributed by atoms with E-state index in [0.717, 1.165) is 17.5 Å². The van der Waals surface area contributed by atoms with E-state index in [1.165, 1.54) is 4.57 Å². The second-order valence-electron chi connectivity index (χ2n) is 9.11. The summed E-state index contributed by atoms with van der Waals surface area (Å²) in [6.45, 7) is 10.6. The maximum atomic E-state index is 12.9. The number of aryl methyl sites for hydroxylation is 2. The van der Waals surface area contributed by atoms with Gasteiger partial charge in [-0.1, -0.05) is 26.0 Å². The van der Waals surface area contributed by atoms with Crippen molar-refractivity contribution < 1.29 is 23.9 Å². The summed E-state index contributed by atoms with van der Waals surface area (Å²) in [4.78, 5) is 48.4. The SMILES string of the molecule is CC.Cn1c(=O)n(C2CCC(=O)NC2=O)c2cccc(CCCOCCNC(=O)OC(C)(C)C)c21. The molecule has 2 aromatic rings. The molecule has 194 valence electrons. The molecule has 35 heavy (non-hydrogen) atoms. The number of nitrogens with one attached hydrogen (secondary N) is 2. The Morgan fingerprint density at radius 3 is 2.54 bits per heavy atom. The number of amides is 3. The summed E-state index contributed by atoms with van der Waals surface area (Å²) < 4.78 is 13.8. The van der Waals surface area contributed by atoms with Gasteiger partial charge in [-0.25, -0.2) is 9.59 Å². The minimum absolute atomic E-state index is 0.207. The number of imide groups is 1. The fraction of sp³-hybridized carbons (Fsp3) is 0.600. The summed E-state index contributed by atoms with van der Waals surface area (Å²) in [7, 11) is 1.69. The summed E-state index contributed by atoms with van der Waals surface area (Å²) in [6, 6.07) is 4.95. The number of piperidine rings is 1. The van der Waals surface area contributed by atoms with Crippen LogP contribution in [0.25, 0.3) is 11.0 Å². The van der Waals surface area contributed by atoms with Crippen LogP contribution in [-0.2, 0) is 32.5 Å². The molecule has 10 heteroatoms. The predicted molar refractivity (Wildman–Crippen MR) is 133 cm³/mol. The third-order valence-corrected chi connectivity index (χ3v) is 5.36. The highest BCUT2D eigenvalue weighted by molar-refractivity contribution is 6.00. The second kappa shape index (κ2) is 12.5. The maximum absolute atomic E-state index is 12.9. The number of ether oxygens (including phenoxy) is 2. The number of para-hydroxylation sites is 1. The van der Waals surface area contributed by atoms with Crippen molar-refractivity contribution in [2.45, 2.75) is 71.9 Å². The molecule has 1 aliphatic heterocycles. The van der Waals surface area contributed by atoms with Gasteiger partial charge < -0.3 is 14.8 Å². The summed E-state index contributed by atoms with van der Waals surface area (Å²) in [6.07, 6.45) is 1.45. The van der Waals surface area contributed by atoms with Gasteiger partial charge in [-0.3, -0.25) is 24.0 Å². The van der Waals surface area contributed by atoms with Crippen LogP contribution in [-0.4, -0.2) is 52.4 Å². The Hall–Kier alpha value is -3.14. The smallest absolute Gasteiger partial charge is 0.407 e. The molecule has 0 radical (unpaired) electrons. The van der Waals surface area contributed by atoms with Crippen molar-refractivity contribution in [1.29, 1.82) is 0 Å². The molecule has 0 bridgehead atoms. The zero-order valence-corrected chi connectivity index (χ0v) is 21.6. The van der Waals surface area contributed by atoms with Crippen molar-refractivity contribution in [3.63, 3.8) is 0 Å². The standard InChI is InChI=1S/C23H32N4O6.C2H6/c1-23(2,3)33-21(30)24-12-14-32-13-6-8-15-7-5-9-16-19(15)26(4)22(31)27(16)17-10-11-18(28)25-20(17)29;1-2/h5,7,9,17H,6,8,10-14H2,1-4H3,(H,24,30)(H,25,28,29);1-2H3. The number of nitrogens with zero attached hydrogens (tertiary/aromatic N) is 2. The number of benzene rings is 1. The fourth-order valence-corrected chi connectivity index (χ4v) is 3.96. The number of alkyl carbamates (subject to hydrolysis) is 1. The highest BCUT2D eigenvalue weighted by Gasteiger charge is 2.31. The Morgan fingerprint density at radius 2 is 1.89 bits per heavy atom. The summed E-state index contributed by atoms with van der Waals surface area (Å²) in [5.41, 5.74) is 1.62. The molecule has 1 aromatic carbocycles. The van der Waals surface area contributed by atoms with E-state index in [2.05, 4.69) is 10.6 Å². The van der Waals surface area contributed by atoms with Crippen LogP contribution in [0.4, 0.5) is 4.79 Å². The van der Waals surface area contributed by atoms with Gasteiger partial charge in [-0.05, 0) is 51.7 Å². The fourth-order valence-electron chi connectivity index (χ4n) is 3.96. The molecule has 2 heterocycles. The number of rotatable bonds is 8. The van der Waals surface area contributed by atoms with Crippen molar-refractivity contribution in [1.82, 2.24) is 19.8 Å². The van der Waals surface area contributed by atoms with Crippen LogP contribution in [0.3, 0.4) is 0 Å². The molecule has 1 aliphatic rings. The van der Waals surface area contributed by atoms with Crippen LogP contribution in [0.5, 0.6) is 0 Å². The molecule has 3 amide bonds. The van der Waals surface area contributed by atoms with E-state index in [1.54, 1.807) is 32.4 Å². The lowest BCUT2D eigenvalue weighted by Crippen LogP contribution is -2.44. The topological polar surface area (TPSA) is 121 Å². The first kappa shape index (κ1) is 28.1. The van der Waals surface area contributed by atoms with Crippen LogP contribution >= 0.6 is 0 Å². The van der Waals surface area contributed by atoms with Gasteiger partial charge in [0.15, 0.2) is 0 Å². The molecule has 1 aromatic heterocycles. The molecule has 3 rings (SSSR count). The van der Waals surface area contributed by atoms with Gasteiger partial charge in [0.1, 0.15) is 11.6 Å². The highest BCUT2D eigenvalue weighted by Crippen LogP contribution is 2.25. The number of imidazole rings is 1. The zero-order valence-electron chi connectivity index (χ0n) is 21.6. The number of aromatic nitrogens is 2. The average molecular weight is 491 g/mol. The van der Waals surface area contributed by atoms with Crippen LogP contribution < -0.4 is 16.3 Å². The molecule has 10 nitrogen and oxygen atoms in total. The van der Waals surface area contributed by atoms with Crippen LogP contribution in [0.2, 0.25) is 0 Å². The number of carbonyl (C=O) groups is 3. The Bertz CT molecular complexity index is 1100. The van der Waals surface area contributed by atoms with Gasteiger partial charge in [0.05, 0.1) is 17.6 Å². The van der Waals surface area contributed by atoms with E-state index in [1.807, 2.05) is 32.0 Å². The monoisotopic (exact) mass is 490 g/mol. The first-order valence-corrected chi connectivity index (χ1v) is 12.2. The van der Waals surface area contributed by atoms with E-state index in [-0.39, 0.29) is 18.0 Å². The molecule has 0 spiro atoms. The van der Waals surface area contributed by atoms with Crippen LogP contribution in [0, 0.1) is 0 Å². The molecule has 1 fully saturated rings. The second-order valence-corrected chi connectivity index (χ2v) is 9.11. The largest absolute Gasteiger partial charge is 0.444 e. The number of fused-ring (bicyclic) bond motifs is 1. The lowest BCUT2D eigenvalue weighted by molar-refractivity contribution is -0.135. The van der Waals surface area contributed by atoms with Crippen molar-refractivity contribution in [2.75, 3.05) is 19.8 Å². The Balaban J connectivity index is 0.00000210. The van der Waals surface area contributed by atoms with Crippen molar-refractivity contribution in [3.05, 3.63) is 34.2 Å². The van der Waals surface area contributed by atoms with E-state index in [9.17, 15) is 19.2 Å². The normalized spacial score (nSPS) is 15.9. The third-order valence-electron chi connectivity index (χ3n) is 5.36. The van der Waals surface area contributed by atoms with Crippen molar-refractivity contribution in [3.8, 4) is 0 Å². The Kier molecular flexibility index (Phi) is 10.1. The minimum Gasteiger partial charge on any atom is -0.444 e. The molecular formula is C25H38N4O6. The van der Waals surface area contributed by atoms with Crippen molar-refractivity contribution >= 4 is 28.9 Å². The van der Waals surface area contributed by atoms with Gasteiger partial charge in [-0.15, -0.1) is 0 Å². The summed E-state index contributed by atoms with van der Waals surface area (Å²) in [5, 5.41) is 4.97.